The minimum atomic E-state index is -0.447. The Morgan fingerprint density at radius 1 is 1.58 bits per heavy atom. The maximum Gasteiger partial charge on any atom is 0.316 e. The molecule has 0 aromatic heterocycles. The van der Waals surface area contributed by atoms with Crippen LogP contribution in [0, 0.1) is 11.3 Å². The second kappa shape index (κ2) is 2.31. The summed E-state index contributed by atoms with van der Waals surface area (Å²) in [5.74, 6) is -0.708. The first-order valence-corrected chi connectivity index (χ1v) is 4.27. The van der Waals surface area contributed by atoms with Crippen LogP contribution in [0.2, 0.25) is 0 Å². The molecule has 2 aliphatic carbocycles. The van der Waals surface area contributed by atoms with Crippen molar-refractivity contribution in [3.8, 4) is 0 Å². The Bertz CT molecular complexity index is 240. The van der Waals surface area contributed by atoms with Gasteiger partial charge in [0.05, 0.1) is 7.11 Å². The lowest BCUT2D eigenvalue weighted by atomic mass is 10.0. The van der Waals surface area contributed by atoms with Crippen molar-refractivity contribution in [1.82, 2.24) is 0 Å². The number of ether oxygens (including phenoxy) is 1. The first-order valence-electron chi connectivity index (χ1n) is 4.27. The Balaban J connectivity index is 2.08. The molecule has 3 nitrogen and oxygen atoms in total. The Hall–Kier alpha value is -0.860. The van der Waals surface area contributed by atoms with Crippen LogP contribution in [0.5, 0.6) is 0 Å². The summed E-state index contributed by atoms with van der Waals surface area (Å²) in [5, 5.41) is 0. The number of carbonyl (C=O) groups is 2. The van der Waals surface area contributed by atoms with Gasteiger partial charge in [-0.15, -0.1) is 0 Å². The van der Waals surface area contributed by atoms with E-state index >= 15 is 0 Å². The summed E-state index contributed by atoms with van der Waals surface area (Å²) in [6.45, 7) is 0. The SMILES string of the molecule is COC(=O)C1CC2(CC2)CC1=O. The maximum atomic E-state index is 11.3. The van der Waals surface area contributed by atoms with Crippen LogP contribution >= 0.6 is 0 Å². The molecule has 0 radical (unpaired) electrons. The van der Waals surface area contributed by atoms with Gasteiger partial charge in [-0.3, -0.25) is 9.59 Å². The Kier molecular flexibility index (Phi) is 1.50. The van der Waals surface area contributed by atoms with Crippen molar-refractivity contribution < 1.29 is 14.3 Å². The maximum absolute atomic E-state index is 11.3. The van der Waals surface area contributed by atoms with E-state index in [2.05, 4.69) is 4.74 Å². The summed E-state index contributed by atoms with van der Waals surface area (Å²) in [6.07, 6.45) is 3.57. The van der Waals surface area contributed by atoms with Crippen LogP contribution < -0.4 is 0 Å². The summed E-state index contributed by atoms with van der Waals surface area (Å²) in [7, 11) is 1.34. The fourth-order valence-electron chi connectivity index (χ4n) is 2.03. The summed E-state index contributed by atoms with van der Waals surface area (Å²) in [4.78, 5) is 22.4. The highest BCUT2D eigenvalue weighted by molar-refractivity contribution is 6.01. The van der Waals surface area contributed by atoms with Gasteiger partial charge in [-0.05, 0) is 24.7 Å². The average molecular weight is 168 g/mol. The van der Waals surface area contributed by atoms with Crippen LogP contribution in [0.15, 0.2) is 0 Å². The second-order valence-corrected chi connectivity index (χ2v) is 3.92. The van der Waals surface area contributed by atoms with Crippen molar-refractivity contribution in [2.75, 3.05) is 7.11 Å². The molecule has 1 spiro atoms. The lowest BCUT2D eigenvalue weighted by molar-refractivity contribution is -0.148. The van der Waals surface area contributed by atoms with Crippen molar-refractivity contribution in [2.24, 2.45) is 11.3 Å². The minimum Gasteiger partial charge on any atom is -0.468 e. The molecule has 66 valence electrons. The number of Topliss-reactive ketones (excluding diaryl/α,β-unsaturated/α-hetero) is 1. The van der Waals surface area contributed by atoms with E-state index in [0.29, 0.717) is 6.42 Å². The lowest BCUT2D eigenvalue weighted by Crippen LogP contribution is -2.19. The van der Waals surface area contributed by atoms with Gasteiger partial charge in [0.25, 0.3) is 0 Å². The van der Waals surface area contributed by atoms with Crippen molar-refractivity contribution in [1.29, 1.82) is 0 Å². The number of esters is 1. The van der Waals surface area contributed by atoms with Gasteiger partial charge in [0.2, 0.25) is 0 Å². The summed E-state index contributed by atoms with van der Waals surface area (Å²) in [5.41, 5.74) is 0.218. The number of hydrogen-bond acceptors (Lipinski definition) is 3. The second-order valence-electron chi connectivity index (χ2n) is 3.92. The predicted octanol–water partition coefficient (Wildman–Crippen LogP) is 0.919. The molecule has 0 aliphatic heterocycles. The van der Waals surface area contributed by atoms with Crippen molar-refractivity contribution in [3.05, 3.63) is 0 Å². The van der Waals surface area contributed by atoms with Gasteiger partial charge in [-0.1, -0.05) is 0 Å². The number of carbonyl (C=O) groups excluding carboxylic acids is 2. The smallest absolute Gasteiger partial charge is 0.316 e. The summed E-state index contributed by atoms with van der Waals surface area (Å²) >= 11 is 0. The third-order valence-electron chi connectivity index (χ3n) is 3.02. The molecule has 3 heteroatoms. The molecule has 0 heterocycles. The van der Waals surface area contributed by atoms with E-state index in [0.717, 1.165) is 19.3 Å². The zero-order valence-electron chi connectivity index (χ0n) is 7.13. The van der Waals surface area contributed by atoms with Crippen LogP contribution in [0.3, 0.4) is 0 Å². The van der Waals surface area contributed by atoms with Gasteiger partial charge in [-0.25, -0.2) is 0 Å². The molecule has 1 unspecified atom stereocenters. The molecule has 12 heavy (non-hydrogen) atoms. The molecular formula is C9H12O3. The average Bonchev–Trinajstić information content (AvgIpc) is 2.70. The molecular weight excluding hydrogens is 156 g/mol. The normalized spacial score (nSPS) is 30.8. The van der Waals surface area contributed by atoms with Gasteiger partial charge in [0.1, 0.15) is 11.7 Å². The third-order valence-corrected chi connectivity index (χ3v) is 3.02. The molecule has 0 aromatic rings. The van der Waals surface area contributed by atoms with E-state index in [9.17, 15) is 9.59 Å². The largest absolute Gasteiger partial charge is 0.468 e. The number of ketones is 1. The zero-order valence-corrected chi connectivity index (χ0v) is 7.13. The zero-order chi connectivity index (χ0) is 8.77. The summed E-state index contributed by atoms with van der Waals surface area (Å²) < 4.78 is 4.57. The highest BCUT2D eigenvalue weighted by Gasteiger charge is 2.54. The van der Waals surface area contributed by atoms with Gasteiger partial charge < -0.3 is 4.74 Å². The standard InChI is InChI=1S/C9H12O3/c1-12-8(11)6-4-9(2-3-9)5-7(6)10/h6H,2-5H2,1H3. The van der Waals surface area contributed by atoms with Crippen molar-refractivity contribution in [3.63, 3.8) is 0 Å². The fourth-order valence-corrected chi connectivity index (χ4v) is 2.03. The number of rotatable bonds is 1. The topological polar surface area (TPSA) is 43.4 Å². The van der Waals surface area contributed by atoms with Crippen molar-refractivity contribution in [2.45, 2.75) is 25.7 Å². The van der Waals surface area contributed by atoms with Crippen LogP contribution in [0.1, 0.15) is 25.7 Å². The van der Waals surface area contributed by atoms with E-state index in [1.54, 1.807) is 0 Å². The minimum absolute atomic E-state index is 0.0827. The number of methoxy groups -OCH3 is 1. The highest BCUT2D eigenvalue weighted by Crippen LogP contribution is 2.58. The first-order chi connectivity index (χ1) is 5.67. The molecule has 0 bridgehead atoms. The van der Waals surface area contributed by atoms with E-state index in [1.807, 2.05) is 0 Å². The van der Waals surface area contributed by atoms with Gasteiger partial charge in [0, 0.05) is 6.42 Å². The Labute approximate surface area is 71.1 Å². The van der Waals surface area contributed by atoms with Gasteiger partial charge >= 0.3 is 5.97 Å². The third kappa shape index (κ3) is 1.04. The van der Waals surface area contributed by atoms with E-state index in [-0.39, 0.29) is 17.2 Å². The van der Waals surface area contributed by atoms with Crippen LogP contribution in [0.4, 0.5) is 0 Å². The Morgan fingerprint density at radius 3 is 2.67 bits per heavy atom. The van der Waals surface area contributed by atoms with E-state index in [1.165, 1.54) is 7.11 Å². The van der Waals surface area contributed by atoms with Crippen LogP contribution in [0.25, 0.3) is 0 Å². The fraction of sp³-hybridized carbons (Fsp3) is 0.778. The Morgan fingerprint density at radius 2 is 2.25 bits per heavy atom. The number of hydrogen-bond donors (Lipinski definition) is 0. The quantitative estimate of drug-likeness (QED) is 0.432. The predicted molar refractivity (Wildman–Crippen MR) is 41.4 cm³/mol. The van der Waals surface area contributed by atoms with Crippen LogP contribution in [-0.4, -0.2) is 18.9 Å². The molecule has 0 N–H and O–H groups in total. The molecule has 2 fully saturated rings. The molecule has 2 saturated carbocycles. The lowest BCUT2D eigenvalue weighted by Gasteiger charge is -2.04. The molecule has 2 rings (SSSR count). The van der Waals surface area contributed by atoms with Gasteiger partial charge in [0.15, 0.2) is 0 Å². The highest BCUT2D eigenvalue weighted by atomic mass is 16.5. The molecule has 0 amide bonds. The van der Waals surface area contributed by atoms with Gasteiger partial charge in [-0.2, -0.15) is 0 Å². The summed E-state index contributed by atoms with van der Waals surface area (Å²) in [6, 6.07) is 0. The van der Waals surface area contributed by atoms with Crippen molar-refractivity contribution >= 4 is 11.8 Å². The van der Waals surface area contributed by atoms with E-state index < -0.39 is 5.92 Å². The molecule has 1 atom stereocenters. The van der Waals surface area contributed by atoms with E-state index in [4.69, 9.17) is 0 Å². The molecule has 0 saturated heterocycles. The molecule has 2 aliphatic rings. The monoisotopic (exact) mass is 168 g/mol. The molecule has 0 aromatic carbocycles. The first kappa shape index (κ1) is 7.77. The van der Waals surface area contributed by atoms with Crippen LogP contribution in [-0.2, 0) is 14.3 Å².